The molecule has 0 aliphatic carbocycles. The van der Waals surface area contributed by atoms with E-state index in [2.05, 4.69) is 30.7 Å². The Hall–Kier alpha value is -0.790. The first-order valence-electron chi connectivity index (χ1n) is 6.15. The average molecular weight is 208 g/mol. The van der Waals surface area contributed by atoms with Crippen molar-refractivity contribution in [3.05, 3.63) is 17.7 Å². The van der Waals surface area contributed by atoms with Gasteiger partial charge in [0.1, 0.15) is 5.82 Å². The fourth-order valence-corrected chi connectivity index (χ4v) is 1.82. The van der Waals surface area contributed by atoms with Crippen LogP contribution in [0.3, 0.4) is 0 Å². The Morgan fingerprint density at radius 3 is 2.60 bits per heavy atom. The molecule has 0 fully saturated rings. The van der Waals surface area contributed by atoms with E-state index in [9.17, 15) is 0 Å². The van der Waals surface area contributed by atoms with Crippen LogP contribution in [-0.4, -0.2) is 9.97 Å². The van der Waals surface area contributed by atoms with Gasteiger partial charge in [-0.15, -0.1) is 0 Å². The Morgan fingerprint density at radius 2 is 2.07 bits per heavy atom. The van der Waals surface area contributed by atoms with Gasteiger partial charge in [0.2, 0.25) is 0 Å². The first kappa shape index (κ1) is 12.3. The SMILES string of the molecule is CCC(C)CCCC(C)c1cnc(C)[nH]1. The van der Waals surface area contributed by atoms with Crippen molar-refractivity contribution in [1.82, 2.24) is 9.97 Å². The highest BCUT2D eigenvalue weighted by Gasteiger charge is 2.08. The molecule has 2 atom stereocenters. The van der Waals surface area contributed by atoms with E-state index in [0.717, 1.165) is 11.7 Å². The number of rotatable bonds is 6. The van der Waals surface area contributed by atoms with Crippen molar-refractivity contribution >= 4 is 0 Å². The first-order valence-corrected chi connectivity index (χ1v) is 6.15. The van der Waals surface area contributed by atoms with Crippen LogP contribution in [0.4, 0.5) is 0 Å². The van der Waals surface area contributed by atoms with E-state index in [1.807, 2.05) is 13.1 Å². The molecular formula is C13H24N2. The van der Waals surface area contributed by atoms with Crippen molar-refractivity contribution in [2.24, 2.45) is 5.92 Å². The average Bonchev–Trinajstić information content (AvgIpc) is 2.64. The smallest absolute Gasteiger partial charge is 0.103 e. The monoisotopic (exact) mass is 208 g/mol. The van der Waals surface area contributed by atoms with Gasteiger partial charge in [-0.3, -0.25) is 0 Å². The number of aromatic nitrogens is 2. The molecule has 2 unspecified atom stereocenters. The predicted molar refractivity (Wildman–Crippen MR) is 65.0 cm³/mol. The quantitative estimate of drug-likeness (QED) is 0.751. The fourth-order valence-electron chi connectivity index (χ4n) is 1.82. The molecule has 0 saturated carbocycles. The minimum atomic E-state index is 0.621. The number of aromatic amines is 1. The van der Waals surface area contributed by atoms with Gasteiger partial charge in [0, 0.05) is 11.9 Å². The van der Waals surface area contributed by atoms with Gasteiger partial charge in [0.25, 0.3) is 0 Å². The van der Waals surface area contributed by atoms with Crippen LogP contribution in [0.2, 0.25) is 0 Å². The van der Waals surface area contributed by atoms with Crippen LogP contribution in [0.5, 0.6) is 0 Å². The highest BCUT2D eigenvalue weighted by molar-refractivity contribution is 5.05. The van der Waals surface area contributed by atoms with Gasteiger partial charge in [-0.05, 0) is 25.2 Å². The molecule has 15 heavy (non-hydrogen) atoms. The summed E-state index contributed by atoms with van der Waals surface area (Å²) in [6.07, 6.45) is 7.23. The van der Waals surface area contributed by atoms with Crippen LogP contribution in [0.15, 0.2) is 6.20 Å². The number of nitrogens with zero attached hydrogens (tertiary/aromatic N) is 1. The third-order valence-corrected chi connectivity index (χ3v) is 3.28. The van der Waals surface area contributed by atoms with Crippen molar-refractivity contribution in [1.29, 1.82) is 0 Å². The van der Waals surface area contributed by atoms with Crippen LogP contribution in [0.25, 0.3) is 0 Å². The molecule has 0 saturated heterocycles. The van der Waals surface area contributed by atoms with E-state index >= 15 is 0 Å². The molecule has 0 aromatic carbocycles. The van der Waals surface area contributed by atoms with Gasteiger partial charge in [-0.2, -0.15) is 0 Å². The molecule has 2 heteroatoms. The Balaban J connectivity index is 2.27. The van der Waals surface area contributed by atoms with Crippen LogP contribution < -0.4 is 0 Å². The Kier molecular flexibility index (Phi) is 4.86. The molecule has 0 aliphatic rings. The summed E-state index contributed by atoms with van der Waals surface area (Å²) in [6.45, 7) is 8.90. The standard InChI is InChI=1S/C13H24N2/c1-5-10(2)7-6-8-11(3)13-9-14-12(4)15-13/h9-11H,5-8H2,1-4H3,(H,14,15). The molecule has 0 spiro atoms. The van der Waals surface area contributed by atoms with Crippen molar-refractivity contribution in [3.8, 4) is 0 Å². The van der Waals surface area contributed by atoms with E-state index in [4.69, 9.17) is 0 Å². The summed E-state index contributed by atoms with van der Waals surface area (Å²) in [7, 11) is 0. The summed E-state index contributed by atoms with van der Waals surface area (Å²) in [5, 5.41) is 0. The normalized spacial score (nSPS) is 15.2. The second kappa shape index (κ2) is 5.94. The topological polar surface area (TPSA) is 28.7 Å². The molecule has 1 rings (SSSR count). The summed E-state index contributed by atoms with van der Waals surface area (Å²) in [6, 6.07) is 0. The molecule has 2 nitrogen and oxygen atoms in total. The Bertz CT molecular complexity index is 278. The molecule has 1 N–H and O–H groups in total. The second-order valence-electron chi connectivity index (χ2n) is 4.77. The number of nitrogens with one attached hydrogen (secondary N) is 1. The maximum atomic E-state index is 4.24. The number of imidazole rings is 1. The summed E-state index contributed by atoms with van der Waals surface area (Å²) < 4.78 is 0. The van der Waals surface area contributed by atoms with E-state index in [-0.39, 0.29) is 0 Å². The number of aryl methyl sites for hydroxylation is 1. The molecule has 1 aromatic heterocycles. The molecular weight excluding hydrogens is 184 g/mol. The molecule has 0 radical (unpaired) electrons. The Morgan fingerprint density at radius 1 is 1.33 bits per heavy atom. The van der Waals surface area contributed by atoms with Crippen LogP contribution in [0.1, 0.15) is 63.9 Å². The van der Waals surface area contributed by atoms with Gasteiger partial charge in [0.15, 0.2) is 0 Å². The summed E-state index contributed by atoms with van der Waals surface area (Å²) >= 11 is 0. The maximum Gasteiger partial charge on any atom is 0.103 e. The zero-order valence-electron chi connectivity index (χ0n) is 10.5. The summed E-state index contributed by atoms with van der Waals surface area (Å²) in [5.74, 6) is 2.52. The van der Waals surface area contributed by atoms with Crippen molar-refractivity contribution in [2.45, 2.75) is 59.3 Å². The minimum absolute atomic E-state index is 0.621. The lowest BCUT2D eigenvalue weighted by molar-refractivity contribution is 0.467. The van der Waals surface area contributed by atoms with Gasteiger partial charge in [-0.1, -0.05) is 40.0 Å². The van der Waals surface area contributed by atoms with Gasteiger partial charge in [0.05, 0.1) is 0 Å². The highest BCUT2D eigenvalue weighted by Crippen LogP contribution is 2.21. The van der Waals surface area contributed by atoms with Gasteiger partial charge >= 0.3 is 0 Å². The predicted octanol–water partition coefficient (Wildman–Crippen LogP) is 4.04. The third-order valence-electron chi connectivity index (χ3n) is 3.28. The second-order valence-corrected chi connectivity index (χ2v) is 4.77. The highest BCUT2D eigenvalue weighted by atomic mass is 14.9. The lowest BCUT2D eigenvalue weighted by Gasteiger charge is -2.11. The zero-order valence-corrected chi connectivity index (χ0v) is 10.5. The summed E-state index contributed by atoms with van der Waals surface area (Å²) in [4.78, 5) is 7.56. The fraction of sp³-hybridized carbons (Fsp3) is 0.769. The maximum absolute atomic E-state index is 4.24. The first-order chi connectivity index (χ1) is 7.13. The van der Waals surface area contributed by atoms with Crippen LogP contribution in [0, 0.1) is 12.8 Å². The van der Waals surface area contributed by atoms with Crippen LogP contribution >= 0.6 is 0 Å². The minimum Gasteiger partial charge on any atom is -0.346 e. The van der Waals surface area contributed by atoms with Crippen molar-refractivity contribution in [2.75, 3.05) is 0 Å². The molecule has 1 aromatic rings. The number of hydrogen-bond donors (Lipinski definition) is 1. The van der Waals surface area contributed by atoms with Crippen molar-refractivity contribution in [3.63, 3.8) is 0 Å². The molecule has 0 aliphatic heterocycles. The van der Waals surface area contributed by atoms with Gasteiger partial charge < -0.3 is 4.98 Å². The van der Waals surface area contributed by atoms with Gasteiger partial charge in [-0.25, -0.2) is 4.98 Å². The van der Waals surface area contributed by atoms with E-state index in [1.54, 1.807) is 0 Å². The zero-order chi connectivity index (χ0) is 11.3. The number of H-pyrrole nitrogens is 1. The van der Waals surface area contributed by atoms with E-state index < -0.39 is 0 Å². The molecule has 86 valence electrons. The van der Waals surface area contributed by atoms with Crippen LogP contribution in [-0.2, 0) is 0 Å². The number of hydrogen-bond acceptors (Lipinski definition) is 1. The molecule has 0 amide bonds. The largest absolute Gasteiger partial charge is 0.346 e. The van der Waals surface area contributed by atoms with E-state index in [0.29, 0.717) is 5.92 Å². The third kappa shape index (κ3) is 4.06. The molecule has 1 heterocycles. The lowest BCUT2D eigenvalue weighted by Crippen LogP contribution is -1.97. The van der Waals surface area contributed by atoms with E-state index in [1.165, 1.54) is 31.4 Å². The molecule has 0 bridgehead atoms. The van der Waals surface area contributed by atoms with Crippen molar-refractivity contribution < 1.29 is 0 Å². The lowest BCUT2D eigenvalue weighted by atomic mass is 9.96. The Labute approximate surface area is 93.5 Å². The summed E-state index contributed by atoms with van der Waals surface area (Å²) in [5.41, 5.74) is 1.29.